The number of hydrogen-bond acceptors (Lipinski definition) is 2. The fourth-order valence-electron chi connectivity index (χ4n) is 1.95. The van der Waals surface area contributed by atoms with Crippen LogP contribution in [0.3, 0.4) is 0 Å². The zero-order chi connectivity index (χ0) is 14.5. The minimum atomic E-state index is -0.194. The van der Waals surface area contributed by atoms with E-state index in [-0.39, 0.29) is 16.7 Å². The van der Waals surface area contributed by atoms with E-state index < -0.39 is 0 Å². The van der Waals surface area contributed by atoms with Crippen molar-refractivity contribution in [1.82, 2.24) is 5.32 Å². The molecule has 0 bridgehead atoms. The van der Waals surface area contributed by atoms with E-state index in [0.717, 1.165) is 6.42 Å². The van der Waals surface area contributed by atoms with E-state index in [1.807, 2.05) is 12.1 Å². The summed E-state index contributed by atoms with van der Waals surface area (Å²) in [4.78, 5) is 11.9. The summed E-state index contributed by atoms with van der Waals surface area (Å²) in [6, 6.07) is 12.5. The van der Waals surface area contributed by atoms with Gasteiger partial charge in [-0.15, -0.1) is 0 Å². The Kier molecular flexibility index (Phi) is 4.64. The Morgan fingerprint density at radius 2 is 2.00 bits per heavy atom. The molecule has 0 unspecified atom stereocenters. The van der Waals surface area contributed by atoms with E-state index >= 15 is 0 Å². The lowest BCUT2D eigenvalue weighted by atomic mass is 10.1. The Morgan fingerprint density at radius 1 is 1.25 bits per heavy atom. The lowest BCUT2D eigenvalue weighted by molar-refractivity contribution is 0.0954. The van der Waals surface area contributed by atoms with Crippen molar-refractivity contribution < 1.29 is 9.90 Å². The highest BCUT2D eigenvalue weighted by molar-refractivity contribution is 6.32. The van der Waals surface area contributed by atoms with Gasteiger partial charge in [0, 0.05) is 12.1 Å². The first kappa shape index (κ1) is 14.4. The molecule has 20 heavy (non-hydrogen) atoms. The second-order valence-electron chi connectivity index (χ2n) is 4.60. The van der Waals surface area contributed by atoms with Gasteiger partial charge in [0.1, 0.15) is 5.75 Å². The van der Waals surface area contributed by atoms with Crippen LogP contribution in [0.1, 0.15) is 21.5 Å². The third-order valence-corrected chi connectivity index (χ3v) is 3.45. The zero-order valence-electron chi connectivity index (χ0n) is 11.2. The zero-order valence-corrected chi connectivity index (χ0v) is 11.9. The fourth-order valence-corrected chi connectivity index (χ4v) is 2.13. The van der Waals surface area contributed by atoms with Crippen LogP contribution in [0.2, 0.25) is 5.02 Å². The van der Waals surface area contributed by atoms with Gasteiger partial charge in [0.2, 0.25) is 0 Å². The molecule has 2 aromatic rings. The van der Waals surface area contributed by atoms with Crippen molar-refractivity contribution >= 4 is 17.5 Å². The average Bonchev–Trinajstić information content (AvgIpc) is 2.44. The Bertz CT molecular complexity index is 626. The van der Waals surface area contributed by atoms with Gasteiger partial charge in [-0.3, -0.25) is 4.79 Å². The van der Waals surface area contributed by atoms with E-state index in [2.05, 4.69) is 24.4 Å². The third kappa shape index (κ3) is 3.52. The molecule has 4 heteroatoms. The largest absolute Gasteiger partial charge is 0.506 e. The highest BCUT2D eigenvalue weighted by atomic mass is 35.5. The minimum Gasteiger partial charge on any atom is -0.506 e. The molecule has 0 heterocycles. The molecule has 0 atom stereocenters. The Morgan fingerprint density at radius 3 is 2.70 bits per heavy atom. The average molecular weight is 290 g/mol. The number of aryl methyl sites for hydroxylation is 1. The Balaban J connectivity index is 1.92. The van der Waals surface area contributed by atoms with E-state index in [4.69, 9.17) is 11.6 Å². The molecule has 2 rings (SSSR count). The first-order valence-corrected chi connectivity index (χ1v) is 6.77. The minimum absolute atomic E-state index is 0.0249. The van der Waals surface area contributed by atoms with Crippen LogP contribution in [0.15, 0.2) is 42.5 Å². The molecule has 0 radical (unpaired) electrons. The molecule has 0 aliphatic rings. The number of carbonyl (C=O) groups is 1. The molecule has 0 fully saturated rings. The molecule has 0 saturated carbocycles. The molecule has 0 aromatic heterocycles. The number of halogens is 1. The van der Waals surface area contributed by atoms with E-state index in [1.165, 1.54) is 23.3 Å². The molecule has 2 aromatic carbocycles. The Labute approximate surface area is 123 Å². The quantitative estimate of drug-likeness (QED) is 0.907. The van der Waals surface area contributed by atoms with Crippen LogP contribution in [0.5, 0.6) is 5.75 Å². The summed E-state index contributed by atoms with van der Waals surface area (Å²) < 4.78 is 0. The lowest BCUT2D eigenvalue weighted by Crippen LogP contribution is -2.25. The summed E-state index contributed by atoms with van der Waals surface area (Å²) in [7, 11) is 0. The number of phenolic OH excluding ortho intramolecular Hbond substituents is 1. The molecule has 1 amide bonds. The molecule has 0 saturated heterocycles. The predicted octanol–water partition coefficient (Wildman–Crippen LogP) is 3.33. The molecule has 2 N–H and O–H groups in total. The third-order valence-electron chi connectivity index (χ3n) is 3.15. The van der Waals surface area contributed by atoms with Crippen molar-refractivity contribution in [2.45, 2.75) is 13.3 Å². The molecule has 0 aliphatic carbocycles. The maximum absolute atomic E-state index is 11.9. The monoisotopic (exact) mass is 289 g/mol. The number of rotatable bonds is 4. The van der Waals surface area contributed by atoms with Gasteiger partial charge < -0.3 is 10.4 Å². The number of phenols is 1. The van der Waals surface area contributed by atoms with Crippen molar-refractivity contribution in [3.05, 3.63) is 64.2 Å². The van der Waals surface area contributed by atoms with Crippen LogP contribution in [0.25, 0.3) is 0 Å². The molecule has 3 nitrogen and oxygen atoms in total. The maximum atomic E-state index is 11.9. The van der Waals surface area contributed by atoms with Gasteiger partial charge in [0.25, 0.3) is 5.91 Å². The van der Waals surface area contributed by atoms with Crippen LogP contribution in [-0.2, 0) is 6.42 Å². The van der Waals surface area contributed by atoms with Crippen LogP contribution in [0.4, 0.5) is 0 Å². The molecule has 0 spiro atoms. The molecule has 0 aliphatic heterocycles. The van der Waals surface area contributed by atoms with Crippen molar-refractivity contribution in [3.8, 4) is 5.75 Å². The lowest BCUT2D eigenvalue weighted by Gasteiger charge is -2.08. The topological polar surface area (TPSA) is 49.3 Å². The van der Waals surface area contributed by atoms with Gasteiger partial charge >= 0.3 is 0 Å². The van der Waals surface area contributed by atoms with Crippen LogP contribution >= 0.6 is 11.6 Å². The summed E-state index contributed by atoms with van der Waals surface area (Å²) in [5.74, 6) is -0.219. The highest BCUT2D eigenvalue weighted by Gasteiger charge is 2.08. The van der Waals surface area contributed by atoms with E-state index in [0.29, 0.717) is 12.1 Å². The first-order valence-electron chi connectivity index (χ1n) is 6.39. The van der Waals surface area contributed by atoms with Gasteiger partial charge in [-0.25, -0.2) is 0 Å². The van der Waals surface area contributed by atoms with Crippen LogP contribution < -0.4 is 5.32 Å². The number of carbonyl (C=O) groups excluding carboxylic acids is 1. The highest BCUT2D eigenvalue weighted by Crippen LogP contribution is 2.23. The molecular weight excluding hydrogens is 274 g/mol. The van der Waals surface area contributed by atoms with E-state index in [1.54, 1.807) is 6.07 Å². The summed E-state index contributed by atoms with van der Waals surface area (Å²) >= 11 is 5.78. The van der Waals surface area contributed by atoms with Crippen molar-refractivity contribution in [2.75, 3.05) is 6.54 Å². The summed E-state index contributed by atoms with van der Waals surface area (Å²) in [6.45, 7) is 2.61. The van der Waals surface area contributed by atoms with Crippen molar-refractivity contribution in [3.63, 3.8) is 0 Å². The second-order valence-corrected chi connectivity index (χ2v) is 5.01. The predicted molar refractivity (Wildman–Crippen MR) is 80.3 cm³/mol. The van der Waals surface area contributed by atoms with Gasteiger partial charge in [0.15, 0.2) is 0 Å². The number of nitrogens with one attached hydrogen (secondary N) is 1. The van der Waals surface area contributed by atoms with Gasteiger partial charge in [-0.1, -0.05) is 35.9 Å². The van der Waals surface area contributed by atoms with E-state index in [9.17, 15) is 9.90 Å². The number of aromatic hydroxyl groups is 1. The summed E-state index contributed by atoms with van der Waals surface area (Å²) in [6.07, 6.45) is 0.782. The molecular formula is C16H16ClNO2. The summed E-state index contributed by atoms with van der Waals surface area (Å²) in [5.41, 5.74) is 2.88. The van der Waals surface area contributed by atoms with Crippen molar-refractivity contribution in [1.29, 1.82) is 0 Å². The number of hydrogen-bond donors (Lipinski definition) is 2. The van der Waals surface area contributed by atoms with Crippen molar-refractivity contribution in [2.24, 2.45) is 0 Å². The fraction of sp³-hybridized carbons (Fsp3) is 0.188. The second kappa shape index (κ2) is 6.44. The first-order chi connectivity index (χ1) is 9.58. The number of amides is 1. The van der Waals surface area contributed by atoms with Gasteiger partial charge in [0.05, 0.1) is 5.02 Å². The van der Waals surface area contributed by atoms with Crippen LogP contribution in [-0.4, -0.2) is 17.6 Å². The SMILES string of the molecule is Cc1ccccc1CCNC(=O)c1ccc(O)c(Cl)c1. The number of benzene rings is 2. The molecule has 104 valence electrons. The standard InChI is InChI=1S/C16H16ClNO2/c1-11-4-2-3-5-12(11)8-9-18-16(20)13-6-7-15(19)14(17)10-13/h2-7,10,19H,8-9H2,1H3,(H,18,20). The van der Waals surface area contributed by atoms with Gasteiger partial charge in [-0.05, 0) is 42.7 Å². The van der Waals surface area contributed by atoms with Crippen LogP contribution in [0, 0.1) is 6.92 Å². The maximum Gasteiger partial charge on any atom is 0.251 e. The normalized spacial score (nSPS) is 10.3. The smallest absolute Gasteiger partial charge is 0.251 e. The Hall–Kier alpha value is -2.00. The summed E-state index contributed by atoms with van der Waals surface area (Å²) in [5, 5.41) is 12.3. The van der Waals surface area contributed by atoms with Gasteiger partial charge in [-0.2, -0.15) is 0 Å².